The molecule has 9 heteroatoms. The summed E-state index contributed by atoms with van der Waals surface area (Å²) in [5, 5.41) is 8.89. The van der Waals surface area contributed by atoms with E-state index in [0.29, 0.717) is 56.3 Å². The van der Waals surface area contributed by atoms with Crippen LogP contribution in [0.15, 0.2) is 52.4 Å². The Morgan fingerprint density at radius 1 is 1.06 bits per heavy atom. The largest absolute Gasteiger partial charge is 0.352 e. The van der Waals surface area contributed by atoms with Crippen molar-refractivity contribution in [3.63, 3.8) is 0 Å². The molecule has 1 aliphatic rings. The third kappa shape index (κ3) is 5.77. The first kappa shape index (κ1) is 21.2. The lowest BCUT2D eigenvalue weighted by atomic mass is 10.2. The fourth-order valence-corrected chi connectivity index (χ4v) is 4.11. The SMILES string of the molecule is O=C(NCCCC(=O)N1CCN(Cc2nc(-c3cccs3)no2)CC1)c1ccccc1. The molecule has 8 nitrogen and oxygen atoms in total. The molecule has 0 atom stereocenters. The van der Waals surface area contributed by atoms with Crippen LogP contribution in [0.3, 0.4) is 0 Å². The van der Waals surface area contributed by atoms with Gasteiger partial charge in [-0.15, -0.1) is 11.3 Å². The minimum Gasteiger partial charge on any atom is -0.352 e. The molecular formula is C22H25N5O3S. The first-order chi connectivity index (χ1) is 15.2. The van der Waals surface area contributed by atoms with Crippen molar-refractivity contribution in [2.24, 2.45) is 0 Å². The van der Waals surface area contributed by atoms with Crippen molar-refractivity contribution in [2.75, 3.05) is 32.7 Å². The Kier molecular flexibility index (Phi) is 7.06. The van der Waals surface area contributed by atoms with E-state index in [2.05, 4.69) is 20.4 Å². The van der Waals surface area contributed by atoms with Gasteiger partial charge in [-0.2, -0.15) is 4.98 Å². The van der Waals surface area contributed by atoms with Gasteiger partial charge in [0.15, 0.2) is 0 Å². The van der Waals surface area contributed by atoms with E-state index in [1.807, 2.05) is 40.6 Å². The summed E-state index contributed by atoms with van der Waals surface area (Å²) in [5.41, 5.74) is 0.633. The molecule has 1 aliphatic heterocycles. The summed E-state index contributed by atoms with van der Waals surface area (Å²) < 4.78 is 5.37. The van der Waals surface area contributed by atoms with Crippen molar-refractivity contribution in [2.45, 2.75) is 19.4 Å². The van der Waals surface area contributed by atoms with E-state index < -0.39 is 0 Å². The number of carbonyl (C=O) groups excluding carboxylic acids is 2. The Balaban J connectivity index is 1.14. The lowest BCUT2D eigenvalue weighted by molar-refractivity contribution is -0.133. The number of hydrogen-bond acceptors (Lipinski definition) is 7. The molecule has 4 rings (SSSR count). The smallest absolute Gasteiger partial charge is 0.251 e. The second-order valence-corrected chi connectivity index (χ2v) is 8.32. The molecule has 1 N–H and O–H groups in total. The van der Waals surface area contributed by atoms with Crippen molar-refractivity contribution in [1.29, 1.82) is 0 Å². The van der Waals surface area contributed by atoms with E-state index in [4.69, 9.17) is 4.52 Å². The first-order valence-electron chi connectivity index (χ1n) is 10.4. The molecule has 162 valence electrons. The lowest BCUT2D eigenvalue weighted by Crippen LogP contribution is -2.48. The zero-order chi connectivity index (χ0) is 21.5. The quantitative estimate of drug-likeness (QED) is 0.543. The highest BCUT2D eigenvalue weighted by atomic mass is 32.1. The van der Waals surface area contributed by atoms with Gasteiger partial charge in [-0.25, -0.2) is 0 Å². The molecule has 1 saturated heterocycles. The van der Waals surface area contributed by atoms with Crippen molar-refractivity contribution in [3.8, 4) is 10.7 Å². The van der Waals surface area contributed by atoms with Crippen LogP contribution in [-0.4, -0.2) is 64.5 Å². The zero-order valence-corrected chi connectivity index (χ0v) is 18.0. The van der Waals surface area contributed by atoms with Gasteiger partial charge in [-0.3, -0.25) is 14.5 Å². The van der Waals surface area contributed by atoms with Gasteiger partial charge in [0.1, 0.15) is 0 Å². The molecule has 1 fully saturated rings. The summed E-state index contributed by atoms with van der Waals surface area (Å²) in [4.78, 5) is 34.0. The maximum Gasteiger partial charge on any atom is 0.251 e. The van der Waals surface area contributed by atoms with E-state index >= 15 is 0 Å². The maximum atomic E-state index is 12.5. The molecule has 0 aliphatic carbocycles. The topological polar surface area (TPSA) is 91.6 Å². The molecule has 2 aromatic heterocycles. The summed E-state index contributed by atoms with van der Waals surface area (Å²) in [5.74, 6) is 1.24. The third-order valence-electron chi connectivity index (χ3n) is 5.18. The number of rotatable bonds is 8. The Morgan fingerprint density at radius 3 is 2.61 bits per heavy atom. The maximum absolute atomic E-state index is 12.5. The molecule has 1 aromatic carbocycles. The highest BCUT2D eigenvalue weighted by molar-refractivity contribution is 7.13. The van der Waals surface area contributed by atoms with Crippen molar-refractivity contribution < 1.29 is 14.1 Å². The average molecular weight is 440 g/mol. The molecular weight excluding hydrogens is 414 g/mol. The van der Waals surface area contributed by atoms with Crippen LogP contribution in [-0.2, 0) is 11.3 Å². The Bertz CT molecular complexity index is 982. The summed E-state index contributed by atoms with van der Waals surface area (Å²) in [6, 6.07) is 13.0. The van der Waals surface area contributed by atoms with Gasteiger partial charge in [0.05, 0.1) is 11.4 Å². The number of carbonyl (C=O) groups is 2. The fourth-order valence-electron chi connectivity index (χ4n) is 3.46. The second kappa shape index (κ2) is 10.3. The van der Waals surface area contributed by atoms with Crippen LogP contribution in [0.25, 0.3) is 10.7 Å². The van der Waals surface area contributed by atoms with Crippen LogP contribution >= 0.6 is 11.3 Å². The lowest BCUT2D eigenvalue weighted by Gasteiger charge is -2.34. The fraction of sp³-hybridized carbons (Fsp3) is 0.364. The number of benzene rings is 1. The van der Waals surface area contributed by atoms with Gasteiger partial charge in [-0.1, -0.05) is 29.4 Å². The van der Waals surface area contributed by atoms with Crippen LogP contribution in [0.2, 0.25) is 0 Å². The number of piperazine rings is 1. The van der Waals surface area contributed by atoms with Crippen molar-refractivity contribution >= 4 is 23.2 Å². The highest BCUT2D eigenvalue weighted by Crippen LogP contribution is 2.21. The van der Waals surface area contributed by atoms with Gasteiger partial charge in [0, 0.05) is 44.7 Å². The van der Waals surface area contributed by atoms with E-state index in [1.165, 1.54) is 0 Å². The minimum absolute atomic E-state index is 0.107. The predicted octanol–water partition coefficient (Wildman–Crippen LogP) is 2.65. The van der Waals surface area contributed by atoms with Gasteiger partial charge in [0.25, 0.3) is 5.91 Å². The Labute approximate surface area is 184 Å². The number of nitrogens with one attached hydrogen (secondary N) is 1. The third-order valence-corrected chi connectivity index (χ3v) is 6.05. The number of hydrogen-bond donors (Lipinski definition) is 1. The molecule has 0 bridgehead atoms. The molecule has 0 saturated carbocycles. The van der Waals surface area contributed by atoms with Gasteiger partial charge >= 0.3 is 0 Å². The molecule has 0 unspecified atom stereocenters. The van der Waals surface area contributed by atoms with E-state index in [0.717, 1.165) is 18.0 Å². The summed E-state index contributed by atoms with van der Waals surface area (Å²) in [7, 11) is 0. The van der Waals surface area contributed by atoms with E-state index in [-0.39, 0.29) is 11.8 Å². The summed E-state index contributed by atoms with van der Waals surface area (Å²) >= 11 is 1.58. The number of nitrogens with zero attached hydrogens (tertiary/aromatic N) is 4. The number of amides is 2. The molecule has 0 radical (unpaired) electrons. The summed E-state index contributed by atoms with van der Waals surface area (Å²) in [6.07, 6.45) is 1.06. The van der Waals surface area contributed by atoms with Crippen LogP contribution in [0.5, 0.6) is 0 Å². The predicted molar refractivity (Wildman–Crippen MR) is 117 cm³/mol. The molecule has 2 amide bonds. The Morgan fingerprint density at radius 2 is 1.87 bits per heavy atom. The molecule has 3 heterocycles. The first-order valence-corrected chi connectivity index (χ1v) is 11.3. The monoisotopic (exact) mass is 439 g/mol. The standard InChI is InChI=1S/C22H25N5O3S/c28-20(9-4-10-23-22(29)17-6-2-1-3-7-17)27-13-11-26(12-14-27)16-19-24-21(25-30-19)18-8-5-15-31-18/h1-3,5-8,15H,4,9-14,16H2,(H,23,29). The van der Waals surface area contributed by atoms with Crippen molar-refractivity contribution in [1.82, 2.24) is 25.3 Å². The van der Waals surface area contributed by atoms with E-state index in [1.54, 1.807) is 23.5 Å². The number of aromatic nitrogens is 2. The van der Waals surface area contributed by atoms with Crippen LogP contribution in [0.1, 0.15) is 29.1 Å². The Hall–Kier alpha value is -3.04. The zero-order valence-electron chi connectivity index (χ0n) is 17.2. The van der Waals surface area contributed by atoms with Crippen molar-refractivity contribution in [3.05, 3.63) is 59.3 Å². The highest BCUT2D eigenvalue weighted by Gasteiger charge is 2.22. The van der Waals surface area contributed by atoms with Crippen LogP contribution in [0.4, 0.5) is 0 Å². The second-order valence-electron chi connectivity index (χ2n) is 7.37. The minimum atomic E-state index is -0.107. The number of thiophene rings is 1. The summed E-state index contributed by atoms with van der Waals surface area (Å²) in [6.45, 7) is 3.98. The average Bonchev–Trinajstić information content (AvgIpc) is 3.50. The van der Waals surface area contributed by atoms with Gasteiger partial charge in [0.2, 0.25) is 17.6 Å². The van der Waals surface area contributed by atoms with Gasteiger partial charge < -0.3 is 14.7 Å². The van der Waals surface area contributed by atoms with Crippen LogP contribution < -0.4 is 5.32 Å². The molecule has 3 aromatic rings. The van der Waals surface area contributed by atoms with E-state index in [9.17, 15) is 9.59 Å². The van der Waals surface area contributed by atoms with Crippen LogP contribution in [0, 0.1) is 0 Å². The molecule has 0 spiro atoms. The van der Waals surface area contributed by atoms with Gasteiger partial charge in [-0.05, 0) is 30.0 Å². The normalized spacial score (nSPS) is 14.5. The molecule has 31 heavy (non-hydrogen) atoms.